The molecule has 0 radical (unpaired) electrons. The quantitative estimate of drug-likeness (QED) is 0.456. The van der Waals surface area contributed by atoms with E-state index in [2.05, 4.69) is 45.8 Å². The monoisotopic (exact) mass is 432 g/mol. The van der Waals surface area contributed by atoms with Crippen molar-refractivity contribution in [3.05, 3.63) is 65.3 Å². The average Bonchev–Trinajstić information content (AvgIpc) is 3.38. The van der Waals surface area contributed by atoms with Gasteiger partial charge >= 0.3 is 0 Å². The molecule has 0 aliphatic heterocycles. The molecule has 5 rings (SSSR count). The molecule has 0 spiro atoms. The molecule has 158 valence electrons. The number of thiazole rings is 1. The molecule has 6 nitrogen and oxygen atoms in total. The summed E-state index contributed by atoms with van der Waals surface area (Å²) < 4.78 is 7.08. The zero-order valence-corrected chi connectivity index (χ0v) is 18.4. The van der Waals surface area contributed by atoms with Crippen molar-refractivity contribution in [3.8, 4) is 11.1 Å². The Kier molecular flexibility index (Phi) is 5.06. The van der Waals surface area contributed by atoms with Gasteiger partial charge in [-0.15, -0.1) is 21.5 Å². The van der Waals surface area contributed by atoms with Gasteiger partial charge in [0, 0.05) is 12.5 Å². The Balaban J connectivity index is 1.29. The molecular formula is C24H24N4O2S. The Hall–Kier alpha value is -3.06. The van der Waals surface area contributed by atoms with Crippen LogP contribution in [0.1, 0.15) is 43.5 Å². The minimum atomic E-state index is -0.423. The molecule has 1 aliphatic carbocycles. The zero-order valence-electron chi connectivity index (χ0n) is 17.6. The van der Waals surface area contributed by atoms with Crippen molar-refractivity contribution in [3.63, 3.8) is 0 Å². The van der Waals surface area contributed by atoms with Gasteiger partial charge in [-0.25, -0.2) is 4.98 Å². The smallest absolute Gasteiger partial charge is 0.223 e. The molecule has 0 unspecified atom stereocenters. The first kappa shape index (κ1) is 19.9. The molecule has 31 heavy (non-hydrogen) atoms. The van der Waals surface area contributed by atoms with E-state index in [1.165, 1.54) is 11.1 Å². The van der Waals surface area contributed by atoms with E-state index < -0.39 is 5.41 Å². The highest BCUT2D eigenvalue weighted by Crippen LogP contribution is 2.31. The summed E-state index contributed by atoms with van der Waals surface area (Å²) in [6.07, 6.45) is 2.48. The molecular weight excluding hydrogens is 408 g/mol. The maximum absolute atomic E-state index is 11.9. The summed E-state index contributed by atoms with van der Waals surface area (Å²) in [4.78, 5) is 16.7. The Labute approximate surface area is 184 Å². The van der Waals surface area contributed by atoms with Gasteiger partial charge in [0.25, 0.3) is 0 Å². The fourth-order valence-electron chi connectivity index (χ4n) is 3.46. The first-order chi connectivity index (χ1) is 15.0. The first-order valence-electron chi connectivity index (χ1n) is 10.5. The number of hydrogen-bond acceptors (Lipinski definition) is 6. The number of benzene rings is 2. The third-order valence-corrected chi connectivity index (χ3v) is 6.56. The van der Waals surface area contributed by atoms with Crippen LogP contribution in [0, 0.1) is 5.92 Å². The number of fused-ring (bicyclic) bond motifs is 1. The highest BCUT2D eigenvalue weighted by molar-refractivity contribution is 7.18. The Morgan fingerprint density at radius 3 is 2.71 bits per heavy atom. The van der Waals surface area contributed by atoms with Gasteiger partial charge in [-0.05, 0) is 49.9 Å². The lowest BCUT2D eigenvalue weighted by molar-refractivity contribution is -0.122. The maximum atomic E-state index is 11.9. The molecule has 4 aromatic rings. The number of nitrogens with one attached hydrogen (secondary N) is 1. The van der Waals surface area contributed by atoms with E-state index in [-0.39, 0.29) is 11.8 Å². The van der Waals surface area contributed by atoms with Crippen molar-refractivity contribution < 1.29 is 9.21 Å². The van der Waals surface area contributed by atoms with Gasteiger partial charge in [0.15, 0.2) is 0 Å². The van der Waals surface area contributed by atoms with Crippen LogP contribution in [-0.2, 0) is 16.6 Å². The van der Waals surface area contributed by atoms with Crippen LogP contribution >= 0.6 is 11.3 Å². The molecule has 2 heterocycles. The number of rotatable bonds is 7. The zero-order chi connectivity index (χ0) is 21.4. The van der Waals surface area contributed by atoms with Crippen molar-refractivity contribution in [2.24, 2.45) is 5.92 Å². The molecule has 1 amide bonds. The summed E-state index contributed by atoms with van der Waals surface area (Å²) >= 11 is 1.65. The lowest BCUT2D eigenvalue weighted by Gasteiger charge is -2.20. The van der Waals surface area contributed by atoms with Gasteiger partial charge < -0.3 is 9.73 Å². The summed E-state index contributed by atoms with van der Waals surface area (Å²) in [7, 11) is 0. The highest BCUT2D eigenvalue weighted by Gasteiger charge is 2.33. The number of carbonyl (C=O) groups excluding carboxylic acids is 1. The van der Waals surface area contributed by atoms with E-state index >= 15 is 0 Å². The summed E-state index contributed by atoms with van der Waals surface area (Å²) in [6.45, 7) is 4.48. The minimum Gasteiger partial charge on any atom is -0.424 e. The van der Waals surface area contributed by atoms with E-state index in [0.29, 0.717) is 24.7 Å². The molecule has 2 aromatic heterocycles. The largest absolute Gasteiger partial charge is 0.424 e. The van der Waals surface area contributed by atoms with Gasteiger partial charge in [-0.3, -0.25) is 4.79 Å². The molecule has 0 saturated heterocycles. The number of aromatic nitrogens is 3. The standard InChI is InChI=1S/C24H24N4O2S/c1-24(2,14-25-22(29)16-8-9-16)23-28-27-20(30-23)13-21-26-18-11-10-17(12-19(18)31-21)15-6-4-3-5-7-15/h3-7,10-12,16H,8-9,13-14H2,1-2H3,(H,25,29). The van der Waals surface area contributed by atoms with Gasteiger partial charge in [-0.2, -0.15) is 0 Å². The molecule has 2 aromatic carbocycles. The summed E-state index contributed by atoms with van der Waals surface area (Å²) in [5, 5.41) is 12.4. The SMILES string of the molecule is CC(C)(CNC(=O)C1CC1)c1nnc(Cc2nc3ccc(-c4ccccc4)cc3s2)o1. The van der Waals surface area contributed by atoms with Crippen LogP contribution in [0.2, 0.25) is 0 Å². The van der Waals surface area contributed by atoms with Gasteiger partial charge in [0.05, 0.1) is 22.1 Å². The van der Waals surface area contributed by atoms with E-state index in [1.54, 1.807) is 11.3 Å². The topological polar surface area (TPSA) is 80.9 Å². The number of carbonyl (C=O) groups is 1. The van der Waals surface area contributed by atoms with Gasteiger partial charge in [-0.1, -0.05) is 36.4 Å². The van der Waals surface area contributed by atoms with Crippen molar-refractivity contribution in [1.82, 2.24) is 20.5 Å². The summed E-state index contributed by atoms with van der Waals surface area (Å²) in [5.41, 5.74) is 2.92. The summed E-state index contributed by atoms with van der Waals surface area (Å²) in [5.74, 6) is 1.39. The van der Waals surface area contributed by atoms with Crippen LogP contribution in [0.25, 0.3) is 21.3 Å². The lowest BCUT2D eigenvalue weighted by atomic mass is 9.93. The summed E-state index contributed by atoms with van der Waals surface area (Å²) in [6, 6.07) is 16.7. The Morgan fingerprint density at radius 2 is 1.94 bits per heavy atom. The fraction of sp³-hybridized carbons (Fsp3) is 0.333. The van der Waals surface area contributed by atoms with Crippen molar-refractivity contribution in [2.45, 2.75) is 38.5 Å². The lowest BCUT2D eigenvalue weighted by Crippen LogP contribution is -2.37. The van der Waals surface area contributed by atoms with E-state index in [4.69, 9.17) is 9.40 Å². The van der Waals surface area contributed by atoms with Crippen LogP contribution < -0.4 is 5.32 Å². The Bertz CT molecular complexity index is 1220. The second-order valence-corrected chi connectivity index (χ2v) is 9.83. The van der Waals surface area contributed by atoms with Crippen molar-refractivity contribution >= 4 is 27.5 Å². The van der Waals surface area contributed by atoms with E-state index in [9.17, 15) is 4.79 Å². The number of amides is 1. The van der Waals surface area contributed by atoms with Gasteiger partial charge in [0.2, 0.25) is 17.7 Å². The molecule has 1 saturated carbocycles. The van der Waals surface area contributed by atoms with E-state index in [0.717, 1.165) is 28.1 Å². The first-order valence-corrected chi connectivity index (χ1v) is 11.3. The molecule has 0 atom stereocenters. The second-order valence-electron chi connectivity index (χ2n) is 8.71. The molecule has 1 fully saturated rings. The van der Waals surface area contributed by atoms with Crippen LogP contribution in [0.3, 0.4) is 0 Å². The molecule has 7 heteroatoms. The molecule has 0 bridgehead atoms. The second kappa shape index (κ2) is 7.89. The van der Waals surface area contributed by atoms with Gasteiger partial charge in [0.1, 0.15) is 5.01 Å². The third-order valence-electron chi connectivity index (χ3n) is 5.54. The molecule has 1 aliphatic rings. The fourth-order valence-corrected chi connectivity index (χ4v) is 4.46. The third kappa shape index (κ3) is 4.37. The van der Waals surface area contributed by atoms with Crippen molar-refractivity contribution in [2.75, 3.05) is 6.54 Å². The Morgan fingerprint density at radius 1 is 1.13 bits per heavy atom. The predicted molar refractivity (Wildman–Crippen MR) is 121 cm³/mol. The van der Waals surface area contributed by atoms with Crippen LogP contribution in [0.15, 0.2) is 52.9 Å². The van der Waals surface area contributed by atoms with Crippen LogP contribution in [0.4, 0.5) is 0 Å². The van der Waals surface area contributed by atoms with Crippen LogP contribution in [-0.4, -0.2) is 27.6 Å². The number of hydrogen-bond donors (Lipinski definition) is 1. The predicted octanol–water partition coefficient (Wildman–Crippen LogP) is 4.74. The van der Waals surface area contributed by atoms with Crippen LogP contribution in [0.5, 0.6) is 0 Å². The minimum absolute atomic E-state index is 0.122. The maximum Gasteiger partial charge on any atom is 0.223 e. The molecule has 1 N–H and O–H groups in total. The normalized spacial score (nSPS) is 14.1. The van der Waals surface area contributed by atoms with Crippen molar-refractivity contribution in [1.29, 1.82) is 0 Å². The highest BCUT2D eigenvalue weighted by atomic mass is 32.1. The average molecular weight is 433 g/mol. The number of nitrogens with zero attached hydrogens (tertiary/aromatic N) is 3. The van der Waals surface area contributed by atoms with E-state index in [1.807, 2.05) is 32.0 Å².